The molecule has 0 radical (unpaired) electrons. The van der Waals surface area contributed by atoms with Crippen LogP contribution in [0.15, 0.2) is 60.7 Å². The van der Waals surface area contributed by atoms with Crippen LogP contribution < -0.4 is 5.32 Å². The fourth-order valence-electron chi connectivity index (χ4n) is 3.33. The number of hydrogen-bond donors (Lipinski definition) is 2. The molecule has 0 aliphatic carbocycles. The highest BCUT2D eigenvalue weighted by Crippen LogP contribution is 2.29. The summed E-state index contributed by atoms with van der Waals surface area (Å²) in [5, 5.41) is 14.3. The number of halogens is 1. The van der Waals surface area contributed by atoms with E-state index in [1.807, 2.05) is 36.4 Å². The van der Waals surface area contributed by atoms with Crippen LogP contribution in [-0.4, -0.2) is 41.1 Å². The molecule has 5 heteroatoms. The number of rotatable bonds is 8. The summed E-state index contributed by atoms with van der Waals surface area (Å²) < 4.78 is 0. The number of benzene rings is 2. The molecule has 0 bridgehead atoms. The normalized spacial score (nSPS) is 11.6. The third-order valence-corrected chi connectivity index (χ3v) is 4.69. The second-order valence-corrected chi connectivity index (χ2v) is 7.12. The molecule has 2 aromatic rings. The Kier molecular flexibility index (Phi) is 8.97. The first kappa shape index (κ1) is 23.2. The molecule has 0 saturated carbocycles. The molecule has 2 rings (SSSR count). The molecule has 0 fully saturated rings. The van der Waals surface area contributed by atoms with Crippen LogP contribution in [0.1, 0.15) is 38.8 Å². The molecule has 27 heavy (non-hydrogen) atoms. The Hall–Kier alpha value is -1.88. The molecule has 2 aromatic carbocycles. The van der Waals surface area contributed by atoms with E-state index in [-0.39, 0.29) is 12.4 Å². The van der Waals surface area contributed by atoms with Crippen molar-refractivity contribution in [1.29, 1.82) is 0 Å². The Labute approximate surface area is 169 Å². The summed E-state index contributed by atoms with van der Waals surface area (Å²) in [4.78, 5) is 15.3. The molecule has 0 aliphatic rings. The van der Waals surface area contributed by atoms with Crippen molar-refractivity contribution in [2.75, 3.05) is 13.1 Å². The molecule has 1 amide bonds. The van der Waals surface area contributed by atoms with Crippen molar-refractivity contribution >= 4 is 18.3 Å². The van der Waals surface area contributed by atoms with Gasteiger partial charge in [-0.2, -0.15) is 0 Å². The Bertz CT molecular complexity index is 642. The zero-order valence-electron chi connectivity index (χ0n) is 16.6. The Morgan fingerprint density at radius 2 is 1.33 bits per heavy atom. The van der Waals surface area contributed by atoms with E-state index in [4.69, 9.17) is 0 Å². The second kappa shape index (κ2) is 10.5. The van der Waals surface area contributed by atoms with Crippen molar-refractivity contribution in [3.05, 3.63) is 71.8 Å². The Morgan fingerprint density at radius 1 is 0.926 bits per heavy atom. The number of carbonyl (C=O) groups is 1. The molecule has 0 heterocycles. The molecule has 148 valence electrons. The van der Waals surface area contributed by atoms with Gasteiger partial charge in [-0.3, -0.25) is 9.69 Å². The number of nitrogens with one attached hydrogen (secondary N) is 1. The Morgan fingerprint density at radius 3 is 1.70 bits per heavy atom. The van der Waals surface area contributed by atoms with Crippen molar-refractivity contribution in [3.63, 3.8) is 0 Å². The summed E-state index contributed by atoms with van der Waals surface area (Å²) in [6, 6.07) is 19.0. The van der Waals surface area contributed by atoms with Crippen LogP contribution in [0.2, 0.25) is 0 Å². The van der Waals surface area contributed by atoms with Crippen LogP contribution in [0, 0.1) is 0 Å². The predicted octanol–water partition coefficient (Wildman–Crippen LogP) is 3.58. The number of amides is 1. The lowest BCUT2D eigenvalue weighted by Gasteiger charge is -2.32. The fraction of sp³-hybridized carbons (Fsp3) is 0.409. The van der Waals surface area contributed by atoms with Gasteiger partial charge in [0, 0.05) is 25.2 Å². The molecular weight excluding hydrogens is 360 g/mol. The van der Waals surface area contributed by atoms with Gasteiger partial charge in [0.15, 0.2) is 5.60 Å². The maximum Gasteiger partial charge on any atom is 0.261 e. The van der Waals surface area contributed by atoms with Crippen LogP contribution in [0.4, 0.5) is 0 Å². The van der Waals surface area contributed by atoms with E-state index >= 15 is 0 Å². The molecule has 0 atom stereocenters. The lowest BCUT2D eigenvalue weighted by atomic mass is 9.85. The minimum Gasteiger partial charge on any atom is -0.372 e. The summed E-state index contributed by atoms with van der Waals surface area (Å²) >= 11 is 0. The average molecular weight is 391 g/mol. The van der Waals surface area contributed by atoms with Gasteiger partial charge in [0.1, 0.15) is 0 Å². The minimum absolute atomic E-state index is 0. The number of hydrogen-bond acceptors (Lipinski definition) is 3. The van der Waals surface area contributed by atoms with E-state index < -0.39 is 11.5 Å². The van der Waals surface area contributed by atoms with Crippen LogP contribution in [0.5, 0.6) is 0 Å². The van der Waals surface area contributed by atoms with E-state index in [1.54, 1.807) is 24.3 Å². The van der Waals surface area contributed by atoms with E-state index in [9.17, 15) is 9.90 Å². The first-order valence-corrected chi connectivity index (χ1v) is 9.24. The molecular formula is C22H31ClN2O2. The van der Waals surface area contributed by atoms with Crippen molar-refractivity contribution in [2.45, 2.75) is 45.4 Å². The predicted molar refractivity (Wildman–Crippen MR) is 113 cm³/mol. The van der Waals surface area contributed by atoms with Gasteiger partial charge < -0.3 is 10.4 Å². The third kappa shape index (κ3) is 5.55. The fourth-order valence-corrected chi connectivity index (χ4v) is 3.33. The first-order valence-electron chi connectivity index (χ1n) is 9.24. The summed E-state index contributed by atoms with van der Waals surface area (Å²) in [7, 11) is 0. The van der Waals surface area contributed by atoms with Crippen LogP contribution in [0.3, 0.4) is 0 Å². The largest absolute Gasteiger partial charge is 0.372 e. The molecule has 0 saturated heterocycles. The molecule has 0 unspecified atom stereocenters. The zero-order chi connectivity index (χ0) is 19.2. The van der Waals surface area contributed by atoms with Gasteiger partial charge in [-0.1, -0.05) is 60.7 Å². The maximum atomic E-state index is 13.0. The van der Waals surface area contributed by atoms with Gasteiger partial charge in [-0.15, -0.1) is 12.4 Å². The van der Waals surface area contributed by atoms with Crippen molar-refractivity contribution < 1.29 is 9.90 Å². The summed E-state index contributed by atoms with van der Waals surface area (Å²) in [5.74, 6) is -0.401. The first-order chi connectivity index (χ1) is 12.4. The lowest BCUT2D eigenvalue weighted by Crippen LogP contribution is -2.48. The highest BCUT2D eigenvalue weighted by Gasteiger charge is 2.39. The second-order valence-electron chi connectivity index (χ2n) is 7.12. The molecule has 2 N–H and O–H groups in total. The van der Waals surface area contributed by atoms with Crippen molar-refractivity contribution in [2.24, 2.45) is 0 Å². The Balaban J connectivity index is 0.00000364. The van der Waals surface area contributed by atoms with Crippen LogP contribution in [0.25, 0.3) is 0 Å². The van der Waals surface area contributed by atoms with Gasteiger partial charge in [0.2, 0.25) is 0 Å². The van der Waals surface area contributed by atoms with Gasteiger partial charge >= 0.3 is 0 Å². The van der Waals surface area contributed by atoms with Crippen LogP contribution >= 0.6 is 12.4 Å². The average Bonchev–Trinajstić information content (AvgIpc) is 2.65. The minimum atomic E-state index is -1.71. The lowest BCUT2D eigenvalue weighted by molar-refractivity contribution is -0.136. The van der Waals surface area contributed by atoms with E-state index in [1.165, 1.54) is 0 Å². The number of carbonyl (C=O) groups excluding carboxylic acids is 1. The highest BCUT2D eigenvalue weighted by atomic mass is 35.5. The van der Waals surface area contributed by atoms with Crippen molar-refractivity contribution in [3.8, 4) is 0 Å². The number of nitrogens with zero attached hydrogens (tertiary/aromatic N) is 1. The summed E-state index contributed by atoms with van der Waals surface area (Å²) in [5.41, 5.74) is -0.579. The SMILES string of the molecule is CC(C)N(CCNC(=O)C(O)(c1ccccc1)c1ccccc1)C(C)C.Cl. The topological polar surface area (TPSA) is 52.6 Å². The zero-order valence-corrected chi connectivity index (χ0v) is 17.4. The van der Waals surface area contributed by atoms with Gasteiger partial charge in [0.25, 0.3) is 5.91 Å². The summed E-state index contributed by atoms with van der Waals surface area (Å²) in [6.45, 7) is 9.80. The van der Waals surface area contributed by atoms with Crippen molar-refractivity contribution in [1.82, 2.24) is 10.2 Å². The molecule has 0 aromatic heterocycles. The van der Waals surface area contributed by atoms with E-state index in [2.05, 4.69) is 37.9 Å². The van der Waals surface area contributed by atoms with Gasteiger partial charge in [0.05, 0.1) is 0 Å². The number of aliphatic hydroxyl groups is 1. The monoisotopic (exact) mass is 390 g/mol. The van der Waals surface area contributed by atoms with Gasteiger partial charge in [-0.25, -0.2) is 0 Å². The molecule has 0 aliphatic heterocycles. The molecule has 4 nitrogen and oxygen atoms in total. The smallest absolute Gasteiger partial charge is 0.261 e. The third-order valence-electron chi connectivity index (χ3n) is 4.69. The summed E-state index contributed by atoms with van der Waals surface area (Å²) in [6.07, 6.45) is 0. The maximum absolute atomic E-state index is 13.0. The van der Waals surface area contributed by atoms with Gasteiger partial charge in [-0.05, 0) is 38.8 Å². The molecule has 0 spiro atoms. The van der Waals surface area contributed by atoms with Crippen LogP contribution in [-0.2, 0) is 10.4 Å². The quantitative estimate of drug-likeness (QED) is 0.724. The standard InChI is InChI=1S/C22H30N2O2.ClH/c1-17(2)24(18(3)4)16-15-23-21(25)22(26,19-11-7-5-8-12-19)20-13-9-6-10-14-20;/h5-14,17-18,26H,15-16H2,1-4H3,(H,23,25);1H. The van der Waals surface area contributed by atoms with E-state index in [0.717, 1.165) is 6.54 Å². The highest BCUT2D eigenvalue weighted by molar-refractivity contribution is 5.90. The van der Waals surface area contributed by atoms with E-state index in [0.29, 0.717) is 29.8 Å².